The Labute approximate surface area is 108 Å². The third-order valence-corrected chi connectivity index (χ3v) is 2.65. The van der Waals surface area contributed by atoms with E-state index in [0.29, 0.717) is 11.6 Å². The summed E-state index contributed by atoms with van der Waals surface area (Å²) in [6.07, 6.45) is 6.78. The first-order chi connectivity index (χ1) is 8.29. The number of rotatable bonds is 8. The minimum absolute atomic E-state index is 0.635. The van der Waals surface area contributed by atoms with E-state index in [1.165, 1.54) is 0 Å². The molecule has 0 aromatic carbocycles. The number of halogens is 1. The maximum absolute atomic E-state index is 6.07. The molecular weight excluding hydrogens is 238 g/mol. The first kappa shape index (κ1) is 14.2. The zero-order valence-electron chi connectivity index (χ0n) is 10.4. The van der Waals surface area contributed by atoms with E-state index in [2.05, 4.69) is 23.4 Å². The molecule has 96 valence electrons. The minimum Gasteiger partial charge on any atom is -0.383 e. The van der Waals surface area contributed by atoms with Crippen molar-refractivity contribution in [1.29, 1.82) is 0 Å². The van der Waals surface area contributed by atoms with Crippen LogP contribution < -0.4 is 5.32 Å². The molecule has 0 bridgehead atoms. The number of hydrogen-bond acceptors (Lipinski definition) is 3. The van der Waals surface area contributed by atoms with Gasteiger partial charge in [-0.3, -0.25) is 4.68 Å². The number of methoxy groups -OCH3 is 1. The summed E-state index contributed by atoms with van der Waals surface area (Å²) in [5.74, 6) is 0. The Morgan fingerprint density at radius 1 is 1.59 bits per heavy atom. The molecule has 0 aliphatic carbocycles. The normalized spacial score (nSPS) is 11.5. The minimum atomic E-state index is 0.635. The predicted octanol–water partition coefficient (Wildman–Crippen LogP) is 2.20. The molecule has 1 N–H and O–H groups in total. The second-order valence-electron chi connectivity index (χ2n) is 3.64. The molecule has 0 amide bonds. The second kappa shape index (κ2) is 8.28. The van der Waals surface area contributed by atoms with Gasteiger partial charge in [-0.2, -0.15) is 5.10 Å². The number of ether oxygens (including phenoxy) is 1. The molecule has 0 spiro atoms. The fourth-order valence-electron chi connectivity index (χ4n) is 1.45. The Morgan fingerprint density at radius 3 is 3.12 bits per heavy atom. The van der Waals surface area contributed by atoms with Crippen LogP contribution in [0.1, 0.15) is 19.0 Å². The smallest absolute Gasteiger partial charge is 0.0859 e. The summed E-state index contributed by atoms with van der Waals surface area (Å²) in [6.45, 7) is 5.43. The third kappa shape index (κ3) is 4.89. The third-order valence-electron chi connectivity index (χ3n) is 2.35. The van der Waals surface area contributed by atoms with Crippen LogP contribution in [0.15, 0.2) is 12.3 Å². The highest BCUT2D eigenvalue weighted by molar-refractivity contribution is 6.31. The quantitative estimate of drug-likeness (QED) is 0.726. The summed E-state index contributed by atoms with van der Waals surface area (Å²) < 4.78 is 6.89. The van der Waals surface area contributed by atoms with Crippen molar-refractivity contribution in [3.8, 4) is 0 Å². The van der Waals surface area contributed by atoms with Crippen LogP contribution in [-0.2, 0) is 11.3 Å². The first-order valence-corrected chi connectivity index (χ1v) is 6.25. The molecule has 5 heteroatoms. The standard InChI is InChI=1S/C12H20ClN3O/c1-3-14-7-5-4-6-12-11(13)10-15-16(12)8-9-17-2/h4,6,10,14H,3,5,7-9H2,1-2H3/b6-4+. The Morgan fingerprint density at radius 2 is 2.41 bits per heavy atom. The molecule has 1 aromatic heterocycles. The van der Waals surface area contributed by atoms with Gasteiger partial charge in [0.2, 0.25) is 0 Å². The average Bonchev–Trinajstić information content (AvgIpc) is 2.68. The van der Waals surface area contributed by atoms with Crippen molar-refractivity contribution in [2.24, 2.45) is 0 Å². The van der Waals surface area contributed by atoms with Crippen molar-refractivity contribution in [2.75, 3.05) is 26.8 Å². The SMILES string of the molecule is CCNCC/C=C/c1c(Cl)cnn1CCOC. The molecule has 0 fully saturated rings. The van der Waals surface area contributed by atoms with E-state index in [-0.39, 0.29) is 0 Å². The van der Waals surface area contributed by atoms with Gasteiger partial charge < -0.3 is 10.1 Å². The summed E-state index contributed by atoms with van der Waals surface area (Å²) in [5, 5.41) is 8.15. The average molecular weight is 258 g/mol. The van der Waals surface area contributed by atoms with E-state index in [1.54, 1.807) is 13.3 Å². The monoisotopic (exact) mass is 257 g/mol. The van der Waals surface area contributed by atoms with Gasteiger partial charge in [-0.1, -0.05) is 24.6 Å². The van der Waals surface area contributed by atoms with E-state index in [1.807, 2.05) is 10.8 Å². The van der Waals surface area contributed by atoms with Crippen LogP contribution in [0.2, 0.25) is 5.02 Å². The molecule has 0 aliphatic heterocycles. The lowest BCUT2D eigenvalue weighted by Gasteiger charge is -2.03. The van der Waals surface area contributed by atoms with Gasteiger partial charge in [0, 0.05) is 7.11 Å². The van der Waals surface area contributed by atoms with E-state index in [0.717, 1.165) is 31.7 Å². The highest BCUT2D eigenvalue weighted by Crippen LogP contribution is 2.16. The van der Waals surface area contributed by atoms with Gasteiger partial charge >= 0.3 is 0 Å². The van der Waals surface area contributed by atoms with Crippen LogP contribution >= 0.6 is 11.6 Å². The predicted molar refractivity (Wildman–Crippen MR) is 71.3 cm³/mol. The molecule has 1 rings (SSSR count). The van der Waals surface area contributed by atoms with Crippen LogP contribution in [0.5, 0.6) is 0 Å². The molecule has 0 unspecified atom stereocenters. The lowest BCUT2D eigenvalue weighted by Crippen LogP contribution is -2.13. The number of nitrogens with zero attached hydrogens (tertiary/aromatic N) is 2. The van der Waals surface area contributed by atoms with Crippen molar-refractivity contribution in [1.82, 2.24) is 15.1 Å². The van der Waals surface area contributed by atoms with Crippen LogP contribution in [0.3, 0.4) is 0 Å². The molecule has 0 atom stereocenters. The summed E-state index contributed by atoms with van der Waals surface area (Å²) >= 11 is 6.07. The number of hydrogen-bond donors (Lipinski definition) is 1. The molecule has 1 heterocycles. The van der Waals surface area contributed by atoms with Crippen molar-refractivity contribution in [2.45, 2.75) is 19.9 Å². The molecule has 0 saturated carbocycles. The van der Waals surface area contributed by atoms with Crippen molar-refractivity contribution in [3.05, 3.63) is 23.0 Å². The van der Waals surface area contributed by atoms with Gasteiger partial charge in [0.15, 0.2) is 0 Å². The van der Waals surface area contributed by atoms with Gasteiger partial charge in [0.1, 0.15) is 0 Å². The van der Waals surface area contributed by atoms with E-state index >= 15 is 0 Å². The zero-order valence-corrected chi connectivity index (χ0v) is 11.2. The molecule has 0 saturated heterocycles. The molecule has 0 radical (unpaired) electrons. The van der Waals surface area contributed by atoms with E-state index < -0.39 is 0 Å². The van der Waals surface area contributed by atoms with Gasteiger partial charge in [0.05, 0.1) is 30.1 Å². The van der Waals surface area contributed by atoms with Gasteiger partial charge in [0.25, 0.3) is 0 Å². The summed E-state index contributed by atoms with van der Waals surface area (Å²) in [7, 11) is 1.68. The van der Waals surface area contributed by atoms with Crippen LogP contribution in [0.4, 0.5) is 0 Å². The van der Waals surface area contributed by atoms with E-state index in [9.17, 15) is 0 Å². The largest absolute Gasteiger partial charge is 0.383 e. The van der Waals surface area contributed by atoms with Gasteiger partial charge in [-0.15, -0.1) is 0 Å². The Kier molecular flexibility index (Phi) is 6.93. The van der Waals surface area contributed by atoms with E-state index in [4.69, 9.17) is 16.3 Å². The summed E-state index contributed by atoms with van der Waals surface area (Å²) in [6, 6.07) is 0. The molecule has 4 nitrogen and oxygen atoms in total. The van der Waals surface area contributed by atoms with Crippen molar-refractivity contribution >= 4 is 17.7 Å². The molecule has 1 aromatic rings. The Bertz CT molecular complexity index is 350. The summed E-state index contributed by atoms with van der Waals surface area (Å²) in [4.78, 5) is 0. The maximum atomic E-state index is 6.07. The molecular formula is C12H20ClN3O. The lowest BCUT2D eigenvalue weighted by atomic mass is 10.3. The lowest BCUT2D eigenvalue weighted by molar-refractivity contribution is 0.183. The fraction of sp³-hybridized carbons (Fsp3) is 0.583. The topological polar surface area (TPSA) is 39.1 Å². The van der Waals surface area contributed by atoms with Crippen molar-refractivity contribution in [3.63, 3.8) is 0 Å². The van der Waals surface area contributed by atoms with Crippen LogP contribution in [0.25, 0.3) is 6.08 Å². The second-order valence-corrected chi connectivity index (χ2v) is 4.05. The molecule has 0 aliphatic rings. The highest BCUT2D eigenvalue weighted by atomic mass is 35.5. The van der Waals surface area contributed by atoms with Crippen LogP contribution in [0, 0.1) is 0 Å². The first-order valence-electron chi connectivity index (χ1n) is 5.87. The number of nitrogens with one attached hydrogen (secondary N) is 1. The number of aromatic nitrogens is 2. The van der Waals surface area contributed by atoms with Crippen LogP contribution in [-0.4, -0.2) is 36.6 Å². The van der Waals surface area contributed by atoms with Crippen molar-refractivity contribution < 1.29 is 4.74 Å². The van der Waals surface area contributed by atoms with Gasteiger partial charge in [-0.05, 0) is 25.6 Å². The Hall–Kier alpha value is -0.840. The Balaban J connectivity index is 2.52. The fourth-order valence-corrected chi connectivity index (χ4v) is 1.65. The zero-order chi connectivity index (χ0) is 12.5. The molecule has 17 heavy (non-hydrogen) atoms. The maximum Gasteiger partial charge on any atom is 0.0859 e. The highest BCUT2D eigenvalue weighted by Gasteiger charge is 2.04. The van der Waals surface area contributed by atoms with Gasteiger partial charge in [-0.25, -0.2) is 0 Å². The summed E-state index contributed by atoms with van der Waals surface area (Å²) in [5.41, 5.74) is 0.945.